The van der Waals surface area contributed by atoms with Crippen LogP contribution < -0.4 is 5.32 Å². The molecule has 0 aliphatic carbocycles. The molecular weight excluding hydrogens is 413 g/mol. The fourth-order valence-electron chi connectivity index (χ4n) is 2.07. The first-order valence-electron chi connectivity index (χ1n) is 7.48. The summed E-state index contributed by atoms with van der Waals surface area (Å²) in [5.41, 5.74) is 1.73. The second-order valence-electron chi connectivity index (χ2n) is 5.21. The van der Waals surface area contributed by atoms with Gasteiger partial charge in [-0.3, -0.25) is 4.79 Å². The van der Waals surface area contributed by atoms with E-state index in [9.17, 15) is 4.79 Å². The topological polar surface area (TPSA) is 54.9 Å². The van der Waals surface area contributed by atoms with Crippen LogP contribution in [0.25, 0.3) is 0 Å². The standard InChI is InChI=1S/C18H12Cl3N3OS/c19-13-7-6-12(8-14(13)20)23-17(25)16-15(21)9-22-18(24-16)26-10-11-4-2-1-3-5-11/h1-9H,10H2,(H,23,25). The Balaban J connectivity index is 1.74. The molecule has 4 nitrogen and oxygen atoms in total. The summed E-state index contributed by atoms with van der Waals surface area (Å²) in [6.07, 6.45) is 1.42. The lowest BCUT2D eigenvalue weighted by Crippen LogP contribution is -2.15. The molecule has 0 spiro atoms. The van der Waals surface area contributed by atoms with E-state index in [1.165, 1.54) is 18.0 Å². The molecule has 0 aliphatic rings. The molecule has 0 saturated heterocycles. The maximum Gasteiger partial charge on any atom is 0.275 e. The quantitative estimate of drug-likeness (QED) is 0.404. The summed E-state index contributed by atoms with van der Waals surface area (Å²) in [6, 6.07) is 14.7. The molecule has 26 heavy (non-hydrogen) atoms. The zero-order chi connectivity index (χ0) is 18.5. The molecule has 3 rings (SSSR count). The van der Waals surface area contributed by atoms with Crippen molar-refractivity contribution in [2.45, 2.75) is 10.9 Å². The van der Waals surface area contributed by atoms with Crippen LogP contribution in [0.2, 0.25) is 15.1 Å². The highest BCUT2D eigenvalue weighted by Crippen LogP contribution is 2.26. The molecule has 1 N–H and O–H groups in total. The maximum atomic E-state index is 12.5. The summed E-state index contributed by atoms with van der Waals surface area (Å²) in [6.45, 7) is 0. The second-order valence-corrected chi connectivity index (χ2v) is 7.37. The Morgan fingerprint density at radius 3 is 2.50 bits per heavy atom. The third-order valence-electron chi connectivity index (χ3n) is 3.33. The predicted molar refractivity (Wildman–Crippen MR) is 107 cm³/mol. The van der Waals surface area contributed by atoms with Gasteiger partial charge in [-0.1, -0.05) is 76.9 Å². The lowest BCUT2D eigenvalue weighted by molar-refractivity contribution is 0.102. The molecular formula is C18H12Cl3N3OS. The van der Waals surface area contributed by atoms with Gasteiger partial charge in [0.25, 0.3) is 5.91 Å². The molecule has 1 aromatic heterocycles. The zero-order valence-electron chi connectivity index (χ0n) is 13.2. The van der Waals surface area contributed by atoms with Crippen molar-refractivity contribution in [1.82, 2.24) is 9.97 Å². The number of aromatic nitrogens is 2. The van der Waals surface area contributed by atoms with E-state index in [1.807, 2.05) is 30.3 Å². The molecule has 3 aromatic rings. The van der Waals surface area contributed by atoms with E-state index in [2.05, 4.69) is 15.3 Å². The van der Waals surface area contributed by atoms with Gasteiger partial charge >= 0.3 is 0 Å². The van der Waals surface area contributed by atoms with Crippen LogP contribution in [0.15, 0.2) is 59.9 Å². The van der Waals surface area contributed by atoms with Gasteiger partial charge in [-0.05, 0) is 23.8 Å². The average molecular weight is 425 g/mol. The molecule has 0 atom stereocenters. The first-order valence-corrected chi connectivity index (χ1v) is 9.60. The molecule has 1 heterocycles. The number of nitrogens with zero attached hydrogens (tertiary/aromatic N) is 2. The Morgan fingerprint density at radius 2 is 1.77 bits per heavy atom. The number of carbonyl (C=O) groups is 1. The summed E-state index contributed by atoms with van der Waals surface area (Å²) >= 11 is 19.4. The highest BCUT2D eigenvalue weighted by atomic mass is 35.5. The fourth-order valence-corrected chi connectivity index (χ4v) is 3.31. The highest BCUT2D eigenvalue weighted by molar-refractivity contribution is 7.98. The minimum atomic E-state index is -0.447. The Kier molecular flexibility index (Phi) is 6.38. The number of anilines is 1. The zero-order valence-corrected chi connectivity index (χ0v) is 16.3. The van der Waals surface area contributed by atoms with Gasteiger partial charge in [0.05, 0.1) is 21.3 Å². The van der Waals surface area contributed by atoms with E-state index in [0.29, 0.717) is 26.6 Å². The molecule has 2 aromatic carbocycles. The van der Waals surface area contributed by atoms with Crippen molar-refractivity contribution in [1.29, 1.82) is 0 Å². The summed E-state index contributed by atoms with van der Waals surface area (Å²) in [5.74, 6) is 0.244. The van der Waals surface area contributed by atoms with Crippen molar-refractivity contribution in [2.75, 3.05) is 5.32 Å². The van der Waals surface area contributed by atoms with Crippen LogP contribution in [-0.2, 0) is 5.75 Å². The molecule has 0 radical (unpaired) electrons. The van der Waals surface area contributed by atoms with Crippen LogP contribution in [-0.4, -0.2) is 15.9 Å². The number of halogens is 3. The molecule has 0 saturated carbocycles. The number of nitrogens with one attached hydrogen (secondary N) is 1. The van der Waals surface area contributed by atoms with Crippen molar-refractivity contribution in [3.05, 3.63) is 81.1 Å². The van der Waals surface area contributed by atoms with Crippen molar-refractivity contribution >= 4 is 58.2 Å². The van der Waals surface area contributed by atoms with E-state index in [0.717, 1.165) is 5.56 Å². The van der Waals surface area contributed by atoms with E-state index >= 15 is 0 Å². The molecule has 0 fully saturated rings. The minimum Gasteiger partial charge on any atom is -0.321 e. The van der Waals surface area contributed by atoms with E-state index in [4.69, 9.17) is 34.8 Å². The van der Waals surface area contributed by atoms with Gasteiger partial charge in [-0.25, -0.2) is 9.97 Å². The SMILES string of the molecule is O=C(Nc1ccc(Cl)c(Cl)c1)c1nc(SCc2ccccc2)ncc1Cl. The van der Waals surface area contributed by atoms with E-state index in [1.54, 1.807) is 18.2 Å². The van der Waals surface area contributed by atoms with Crippen LogP contribution in [0.4, 0.5) is 5.69 Å². The smallest absolute Gasteiger partial charge is 0.275 e. The van der Waals surface area contributed by atoms with Crippen LogP contribution in [0, 0.1) is 0 Å². The lowest BCUT2D eigenvalue weighted by atomic mass is 10.2. The van der Waals surface area contributed by atoms with E-state index < -0.39 is 5.91 Å². The van der Waals surface area contributed by atoms with Crippen molar-refractivity contribution < 1.29 is 4.79 Å². The second kappa shape index (κ2) is 8.73. The molecule has 1 amide bonds. The fraction of sp³-hybridized carbons (Fsp3) is 0.0556. The third-order valence-corrected chi connectivity index (χ3v) is 5.27. The van der Waals surface area contributed by atoms with Crippen molar-refractivity contribution in [3.63, 3.8) is 0 Å². The Bertz CT molecular complexity index is 938. The van der Waals surface area contributed by atoms with Crippen LogP contribution in [0.1, 0.15) is 16.1 Å². The Hall–Kier alpha value is -1.79. The van der Waals surface area contributed by atoms with E-state index in [-0.39, 0.29) is 10.7 Å². The van der Waals surface area contributed by atoms with Gasteiger partial charge in [-0.15, -0.1) is 0 Å². The summed E-state index contributed by atoms with van der Waals surface area (Å²) in [5, 5.41) is 4.10. The van der Waals surface area contributed by atoms with Gasteiger partial charge < -0.3 is 5.32 Å². The Morgan fingerprint density at radius 1 is 1.00 bits per heavy atom. The molecule has 0 aliphatic heterocycles. The largest absolute Gasteiger partial charge is 0.321 e. The van der Waals surface area contributed by atoms with Gasteiger partial charge in [0.15, 0.2) is 10.9 Å². The van der Waals surface area contributed by atoms with Crippen molar-refractivity contribution in [2.24, 2.45) is 0 Å². The number of hydrogen-bond acceptors (Lipinski definition) is 4. The normalized spacial score (nSPS) is 10.6. The Labute approximate surface area is 169 Å². The number of hydrogen-bond donors (Lipinski definition) is 1. The molecule has 8 heteroatoms. The van der Waals surface area contributed by atoms with Crippen LogP contribution in [0.3, 0.4) is 0 Å². The first kappa shape index (κ1) is 19.0. The van der Waals surface area contributed by atoms with Crippen LogP contribution >= 0.6 is 46.6 Å². The number of carbonyl (C=O) groups excluding carboxylic acids is 1. The maximum absolute atomic E-state index is 12.5. The van der Waals surface area contributed by atoms with Gasteiger partial charge in [0, 0.05) is 11.4 Å². The molecule has 132 valence electrons. The third kappa shape index (κ3) is 4.89. The number of benzene rings is 2. The van der Waals surface area contributed by atoms with Crippen LogP contribution in [0.5, 0.6) is 0 Å². The molecule has 0 unspecified atom stereocenters. The average Bonchev–Trinajstić information content (AvgIpc) is 2.65. The number of amides is 1. The number of rotatable bonds is 5. The van der Waals surface area contributed by atoms with Crippen molar-refractivity contribution in [3.8, 4) is 0 Å². The molecule has 0 bridgehead atoms. The number of thioether (sulfide) groups is 1. The predicted octanol–water partition coefficient (Wildman–Crippen LogP) is 5.98. The van der Waals surface area contributed by atoms with Gasteiger partial charge in [0.2, 0.25) is 0 Å². The minimum absolute atomic E-state index is 0.100. The van der Waals surface area contributed by atoms with Gasteiger partial charge in [0.1, 0.15) is 0 Å². The summed E-state index contributed by atoms with van der Waals surface area (Å²) in [7, 11) is 0. The first-order chi connectivity index (χ1) is 12.5. The summed E-state index contributed by atoms with van der Waals surface area (Å²) < 4.78 is 0. The van der Waals surface area contributed by atoms with Gasteiger partial charge in [-0.2, -0.15) is 0 Å². The highest BCUT2D eigenvalue weighted by Gasteiger charge is 2.15. The monoisotopic (exact) mass is 423 g/mol. The lowest BCUT2D eigenvalue weighted by Gasteiger charge is -2.08. The summed E-state index contributed by atoms with van der Waals surface area (Å²) in [4.78, 5) is 20.9.